The number of amides is 2. The van der Waals surface area contributed by atoms with Crippen LogP contribution in [0, 0.1) is 5.41 Å². The van der Waals surface area contributed by atoms with E-state index in [4.69, 9.17) is 0 Å². The molecule has 4 heteroatoms. The van der Waals surface area contributed by atoms with Gasteiger partial charge in [0, 0.05) is 23.7 Å². The largest absolute Gasteiger partial charge is 0.347 e. The van der Waals surface area contributed by atoms with Gasteiger partial charge in [-0.05, 0) is 49.9 Å². The fourth-order valence-electron chi connectivity index (χ4n) is 2.66. The average molecular weight is 290 g/mol. The van der Waals surface area contributed by atoms with Gasteiger partial charge in [0.25, 0.3) is 5.91 Å². The quantitative estimate of drug-likeness (QED) is 0.890. The van der Waals surface area contributed by atoms with Crippen molar-refractivity contribution in [2.45, 2.75) is 53.5 Å². The van der Waals surface area contributed by atoms with E-state index in [1.54, 1.807) is 24.3 Å². The molecule has 0 fully saturated rings. The molecule has 2 N–H and O–H groups in total. The molecule has 0 aromatic heterocycles. The van der Waals surface area contributed by atoms with E-state index in [-0.39, 0.29) is 22.8 Å². The molecule has 0 bridgehead atoms. The third-order valence-electron chi connectivity index (χ3n) is 2.89. The summed E-state index contributed by atoms with van der Waals surface area (Å²) in [6, 6.07) is 6.89. The zero-order valence-electron chi connectivity index (χ0n) is 13.8. The molecule has 1 aromatic rings. The molecule has 0 aliphatic carbocycles. The number of anilines is 1. The van der Waals surface area contributed by atoms with E-state index in [0.29, 0.717) is 11.3 Å². The molecule has 0 heterocycles. The third kappa shape index (κ3) is 6.43. The topological polar surface area (TPSA) is 58.2 Å². The van der Waals surface area contributed by atoms with Crippen LogP contribution < -0.4 is 10.6 Å². The van der Waals surface area contributed by atoms with Gasteiger partial charge in [0.1, 0.15) is 0 Å². The minimum atomic E-state index is -0.272. The lowest BCUT2D eigenvalue weighted by Crippen LogP contribution is -2.45. The van der Waals surface area contributed by atoms with Crippen LogP contribution in [-0.2, 0) is 4.79 Å². The Kier molecular flexibility index (Phi) is 5.15. The van der Waals surface area contributed by atoms with E-state index in [1.165, 1.54) is 6.92 Å². The summed E-state index contributed by atoms with van der Waals surface area (Å²) < 4.78 is 0. The maximum absolute atomic E-state index is 12.3. The Morgan fingerprint density at radius 2 is 1.52 bits per heavy atom. The minimum Gasteiger partial charge on any atom is -0.347 e. The molecule has 0 aliphatic heterocycles. The van der Waals surface area contributed by atoms with Crippen molar-refractivity contribution in [3.05, 3.63) is 29.8 Å². The number of benzene rings is 1. The molecule has 0 atom stereocenters. The van der Waals surface area contributed by atoms with Crippen LogP contribution in [0.15, 0.2) is 24.3 Å². The number of hydrogen-bond donors (Lipinski definition) is 2. The Balaban J connectivity index is 2.73. The number of hydrogen-bond acceptors (Lipinski definition) is 2. The highest BCUT2D eigenvalue weighted by molar-refractivity contribution is 5.95. The second-order valence-electron chi connectivity index (χ2n) is 7.33. The van der Waals surface area contributed by atoms with Gasteiger partial charge in [-0.2, -0.15) is 0 Å². The van der Waals surface area contributed by atoms with Crippen molar-refractivity contribution in [2.75, 3.05) is 5.32 Å². The molecule has 0 unspecified atom stereocenters. The maximum Gasteiger partial charge on any atom is 0.251 e. The van der Waals surface area contributed by atoms with Crippen molar-refractivity contribution >= 4 is 17.5 Å². The second-order valence-corrected chi connectivity index (χ2v) is 7.33. The first-order chi connectivity index (χ1) is 9.48. The van der Waals surface area contributed by atoms with Gasteiger partial charge in [-0.1, -0.05) is 20.8 Å². The second kappa shape index (κ2) is 6.29. The highest BCUT2D eigenvalue weighted by atomic mass is 16.2. The Morgan fingerprint density at radius 1 is 1.00 bits per heavy atom. The Labute approximate surface area is 127 Å². The summed E-state index contributed by atoms with van der Waals surface area (Å²) in [5.41, 5.74) is 1.15. The average Bonchev–Trinajstić information content (AvgIpc) is 2.24. The van der Waals surface area contributed by atoms with Gasteiger partial charge in [0.15, 0.2) is 0 Å². The predicted molar refractivity (Wildman–Crippen MR) is 86.4 cm³/mol. The van der Waals surface area contributed by atoms with E-state index in [2.05, 4.69) is 31.4 Å². The van der Waals surface area contributed by atoms with Crippen LogP contribution in [0.1, 0.15) is 58.3 Å². The molecule has 21 heavy (non-hydrogen) atoms. The molecular formula is C17H26N2O2. The zero-order valence-corrected chi connectivity index (χ0v) is 13.8. The smallest absolute Gasteiger partial charge is 0.251 e. The van der Waals surface area contributed by atoms with Gasteiger partial charge in [-0.15, -0.1) is 0 Å². The van der Waals surface area contributed by atoms with Gasteiger partial charge in [0.05, 0.1) is 0 Å². The molecule has 4 nitrogen and oxygen atoms in total. The summed E-state index contributed by atoms with van der Waals surface area (Å²) in [7, 11) is 0. The van der Waals surface area contributed by atoms with Crippen LogP contribution in [0.3, 0.4) is 0 Å². The Hall–Kier alpha value is -1.84. The van der Waals surface area contributed by atoms with E-state index < -0.39 is 0 Å². The SMILES string of the molecule is CC(=O)Nc1ccc(C(=O)NC(C)(C)CC(C)(C)C)cc1. The van der Waals surface area contributed by atoms with E-state index in [0.717, 1.165) is 6.42 Å². The summed E-state index contributed by atoms with van der Waals surface area (Å²) >= 11 is 0. The third-order valence-corrected chi connectivity index (χ3v) is 2.89. The zero-order chi connectivity index (χ0) is 16.3. The maximum atomic E-state index is 12.3. The van der Waals surface area contributed by atoms with Crippen LogP contribution in [0.4, 0.5) is 5.69 Å². The van der Waals surface area contributed by atoms with Gasteiger partial charge in [-0.3, -0.25) is 9.59 Å². The summed E-state index contributed by atoms with van der Waals surface area (Å²) in [6.45, 7) is 12.0. The van der Waals surface area contributed by atoms with Crippen LogP contribution >= 0.6 is 0 Å². The molecule has 0 radical (unpaired) electrons. The normalized spacial score (nSPS) is 11.9. The monoisotopic (exact) mass is 290 g/mol. The molecule has 0 saturated carbocycles. The van der Waals surface area contributed by atoms with Crippen molar-refractivity contribution in [3.8, 4) is 0 Å². The molecule has 0 spiro atoms. The summed E-state index contributed by atoms with van der Waals surface area (Å²) in [4.78, 5) is 23.2. The van der Waals surface area contributed by atoms with E-state index >= 15 is 0 Å². The van der Waals surface area contributed by atoms with Crippen molar-refractivity contribution in [1.82, 2.24) is 5.32 Å². The van der Waals surface area contributed by atoms with Crippen molar-refractivity contribution in [2.24, 2.45) is 5.41 Å². The lowest BCUT2D eigenvalue weighted by atomic mass is 9.81. The first-order valence-corrected chi connectivity index (χ1v) is 7.19. The standard InChI is InChI=1S/C17H26N2O2/c1-12(20)18-14-9-7-13(8-10-14)15(21)19-17(5,6)11-16(2,3)4/h7-10H,11H2,1-6H3,(H,18,20)(H,19,21). The fourth-order valence-corrected chi connectivity index (χ4v) is 2.66. The summed E-state index contributed by atoms with van der Waals surface area (Å²) in [5.74, 6) is -0.225. The predicted octanol–water partition coefficient (Wildman–Crippen LogP) is 3.59. The van der Waals surface area contributed by atoms with Crippen molar-refractivity contribution < 1.29 is 9.59 Å². The number of nitrogens with one attached hydrogen (secondary N) is 2. The van der Waals surface area contributed by atoms with Crippen LogP contribution in [0.5, 0.6) is 0 Å². The van der Waals surface area contributed by atoms with Gasteiger partial charge >= 0.3 is 0 Å². The van der Waals surface area contributed by atoms with Crippen LogP contribution in [-0.4, -0.2) is 17.4 Å². The Morgan fingerprint density at radius 3 is 1.95 bits per heavy atom. The number of carbonyl (C=O) groups excluding carboxylic acids is 2. The van der Waals surface area contributed by atoms with Crippen LogP contribution in [0.25, 0.3) is 0 Å². The summed E-state index contributed by atoms with van der Waals surface area (Å²) in [6.07, 6.45) is 0.885. The minimum absolute atomic E-state index is 0.0985. The van der Waals surface area contributed by atoms with Gasteiger partial charge < -0.3 is 10.6 Å². The lowest BCUT2D eigenvalue weighted by molar-refractivity contribution is -0.114. The van der Waals surface area contributed by atoms with Crippen molar-refractivity contribution in [1.29, 1.82) is 0 Å². The first-order valence-electron chi connectivity index (χ1n) is 7.19. The fraction of sp³-hybridized carbons (Fsp3) is 0.529. The highest BCUT2D eigenvalue weighted by Gasteiger charge is 2.27. The van der Waals surface area contributed by atoms with Gasteiger partial charge in [-0.25, -0.2) is 0 Å². The molecule has 2 amide bonds. The molecular weight excluding hydrogens is 264 g/mol. The first kappa shape index (κ1) is 17.2. The number of carbonyl (C=O) groups is 2. The van der Waals surface area contributed by atoms with E-state index in [1.807, 2.05) is 13.8 Å². The van der Waals surface area contributed by atoms with Gasteiger partial charge in [0.2, 0.25) is 5.91 Å². The highest BCUT2D eigenvalue weighted by Crippen LogP contribution is 2.27. The Bertz CT molecular complexity index is 511. The van der Waals surface area contributed by atoms with Crippen LogP contribution in [0.2, 0.25) is 0 Å². The summed E-state index contributed by atoms with van der Waals surface area (Å²) in [5, 5.41) is 5.74. The van der Waals surface area contributed by atoms with Crippen molar-refractivity contribution in [3.63, 3.8) is 0 Å². The number of rotatable bonds is 4. The molecule has 1 aromatic carbocycles. The van der Waals surface area contributed by atoms with E-state index in [9.17, 15) is 9.59 Å². The molecule has 1 rings (SSSR count). The molecule has 116 valence electrons. The lowest BCUT2D eigenvalue weighted by Gasteiger charge is -2.33. The molecule has 0 saturated heterocycles. The molecule has 0 aliphatic rings.